The molecule has 100 valence electrons. The van der Waals surface area contributed by atoms with Crippen molar-refractivity contribution in [1.82, 2.24) is 0 Å². The molecule has 0 fully saturated rings. The van der Waals surface area contributed by atoms with Crippen molar-refractivity contribution in [3.8, 4) is 0 Å². The standard InChI is InChI=1S/C12H16O5S/c1-4-16-11(13)7-18-8(2)9-5-6-10(17-9)12(14)15-3/h5-6,8H,4,7H2,1-3H3. The number of carbonyl (C=O) groups excluding carboxylic acids is 2. The van der Waals surface area contributed by atoms with Gasteiger partial charge in [0.1, 0.15) is 5.76 Å². The van der Waals surface area contributed by atoms with E-state index in [1.165, 1.54) is 18.9 Å². The lowest BCUT2D eigenvalue weighted by Crippen LogP contribution is -2.07. The Kier molecular flexibility index (Phi) is 5.77. The number of thioether (sulfide) groups is 1. The highest BCUT2D eigenvalue weighted by Crippen LogP contribution is 2.29. The molecular formula is C12H16O5S. The maximum absolute atomic E-state index is 11.2. The van der Waals surface area contributed by atoms with Gasteiger partial charge < -0.3 is 13.9 Å². The van der Waals surface area contributed by atoms with Gasteiger partial charge in [0.05, 0.1) is 24.7 Å². The average Bonchev–Trinajstić information content (AvgIpc) is 2.85. The van der Waals surface area contributed by atoms with Gasteiger partial charge in [-0.2, -0.15) is 0 Å². The quantitative estimate of drug-likeness (QED) is 0.741. The van der Waals surface area contributed by atoms with E-state index in [-0.39, 0.29) is 22.7 Å². The molecular weight excluding hydrogens is 256 g/mol. The molecule has 0 amide bonds. The summed E-state index contributed by atoms with van der Waals surface area (Å²) in [4.78, 5) is 22.4. The smallest absolute Gasteiger partial charge is 0.373 e. The summed E-state index contributed by atoms with van der Waals surface area (Å²) < 4.78 is 14.7. The molecule has 1 unspecified atom stereocenters. The third kappa shape index (κ3) is 4.10. The van der Waals surface area contributed by atoms with Gasteiger partial charge in [-0.05, 0) is 26.0 Å². The minimum atomic E-state index is -0.510. The first-order valence-electron chi connectivity index (χ1n) is 5.53. The van der Waals surface area contributed by atoms with Crippen LogP contribution in [0.4, 0.5) is 0 Å². The summed E-state index contributed by atoms with van der Waals surface area (Å²) in [5.41, 5.74) is 0. The second kappa shape index (κ2) is 7.10. The molecule has 1 rings (SSSR count). The topological polar surface area (TPSA) is 65.7 Å². The van der Waals surface area contributed by atoms with Crippen LogP contribution >= 0.6 is 11.8 Å². The first-order valence-corrected chi connectivity index (χ1v) is 6.58. The monoisotopic (exact) mass is 272 g/mol. The van der Waals surface area contributed by atoms with E-state index in [0.29, 0.717) is 12.4 Å². The number of hydrogen-bond donors (Lipinski definition) is 0. The zero-order chi connectivity index (χ0) is 13.5. The Hall–Kier alpha value is -1.43. The Bertz CT molecular complexity index is 412. The van der Waals surface area contributed by atoms with Crippen LogP contribution in [-0.2, 0) is 14.3 Å². The second-order valence-corrected chi connectivity index (χ2v) is 4.78. The van der Waals surface area contributed by atoms with Crippen molar-refractivity contribution in [3.63, 3.8) is 0 Å². The molecule has 18 heavy (non-hydrogen) atoms. The van der Waals surface area contributed by atoms with Gasteiger partial charge in [0.15, 0.2) is 0 Å². The average molecular weight is 272 g/mol. The molecule has 1 atom stereocenters. The molecule has 1 heterocycles. The highest BCUT2D eigenvalue weighted by atomic mass is 32.2. The molecule has 0 N–H and O–H groups in total. The number of methoxy groups -OCH3 is 1. The summed E-state index contributed by atoms with van der Waals surface area (Å²) in [6.07, 6.45) is 0. The predicted molar refractivity (Wildman–Crippen MR) is 67.6 cm³/mol. The lowest BCUT2D eigenvalue weighted by Gasteiger charge is -2.07. The molecule has 1 aromatic heterocycles. The number of furan rings is 1. The zero-order valence-electron chi connectivity index (χ0n) is 10.6. The Morgan fingerprint density at radius 2 is 2.17 bits per heavy atom. The number of hydrogen-bond acceptors (Lipinski definition) is 6. The molecule has 0 aliphatic carbocycles. The molecule has 0 aliphatic rings. The van der Waals surface area contributed by atoms with E-state index in [1.807, 2.05) is 6.92 Å². The minimum absolute atomic E-state index is 0.0344. The van der Waals surface area contributed by atoms with Crippen molar-refractivity contribution >= 4 is 23.7 Å². The lowest BCUT2D eigenvalue weighted by atomic mass is 10.3. The van der Waals surface area contributed by atoms with Gasteiger partial charge in [-0.1, -0.05) is 0 Å². The fraction of sp³-hybridized carbons (Fsp3) is 0.500. The van der Waals surface area contributed by atoms with E-state index < -0.39 is 5.97 Å². The molecule has 0 bridgehead atoms. The summed E-state index contributed by atoms with van der Waals surface area (Å²) in [6, 6.07) is 3.26. The molecule has 5 nitrogen and oxygen atoms in total. The number of ether oxygens (including phenoxy) is 2. The molecule has 1 aromatic rings. The van der Waals surface area contributed by atoms with Gasteiger partial charge in [-0.3, -0.25) is 4.79 Å². The van der Waals surface area contributed by atoms with Crippen molar-refractivity contribution < 1.29 is 23.5 Å². The number of rotatable bonds is 6. The van der Waals surface area contributed by atoms with E-state index >= 15 is 0 Å². The normalized spacial score (nSPS) is 11.9. The first kappa shape index (κ1) is 14.6. The molecule has 0 aromatic carbocycles. The van der Waals surface area contributed by atoms with Crippen LogP contribution in [0.3, 0.4) is 0 Å². The van der Waals surface area contributed by atoms with Crippen LogP contribution in [0.15, 0.2) is 16.5 Å². The van der Waals surface area contributed by atoms with E-state index in [4.69, 9.17) is 9.15 Å². The molecule has 0 saturated heterocycles. The lowest BCUT2D eigenvalue weighted by molar-refractivity contribution is -0.139. The van der Waals surface area contributed by atoms with Crippen LogP contribution in [0, 0.1) is 0 Å². The SMILES string of the molecule is CCOC(=O)CSC(C)c1ccc(C(=O)OC)o1. The van der Waals surface area contributed by atoms with Crippen molar-refractivity contribution in [3.05, 3.63) is 23.7 Å². The summed E-state index contributed by atoms with van der Waals surface area (Å²) in [5.74, 6) is 0.280. The Balaban J connectivity index is 2.51. The fourth-order valence-electron chi connectivity index (χ4n) is 1.26. The number of esters is 2. The maximum Gasteiger partial charge on any atom is 0.373 e. The predicted octanol–water partition coefficient (Wildman–Crippen LogP) is 2.42. The third-order valence-electron chi connectivity index (χ3n) is 2.17. The summed E-state index contributed by atoms with van der Waals surface area (Å²) >= 11 is 1.39. The van der Waals surface area contributed by atoms with Crippen LogP contribution in [0.1, 0.15) is 35.4 Å². The summed E-state index contributed by atoms with van der Waals surface area (Å²) in [5, 5.41) is -0.0344. The van der Waals surface area contributed by atoms with Gasteiger partial charge in [-0.15, -0.1) is 11.8 Å². The Morgan fingerprint density at radius 1 is 1.44 bits per heavy atom. The minimum Gasteiger partial charge on any atom is -0.465 e. The summed E-state index contributed by atoms with van der Waals surface area (Å²) in [7, 11) is 1.30. The van der Waals surface area contributed by atoms with Crippen LogP contribution < -0.4 is 0 Å². The van der Waals surface area contributed by atoms with Crippen molar-refractivity contribution in [2.75, 3.05) is 19.5 Å². The molecule has 0 radical (unpaired) electrons. The van der Waals surface area contributed by atoms with E-state index in [1.54, 1.807) is 19.1 Å². The van der Waals surface area contributed by atoms with Crippen LogP contribution in [0.2, 0.25) is 0 Å². The van der Waals surface area contributed by atoms with Gasteiger partial charge in [0, 0.05) is 0 Å². The molecule has 0 saturated carbocycles. The highest BCUT2D eigenvalue weighted by molar-refractivity contribution is 8.00. The van der Waals surface area contributed by atoms with Crippen LogP contribution in [0.5, 0.6) is 0 Å². The second-order valence-electron chi connectivity index (χ2n) is 3.45. The largest absolute Gasteiger partial charge is 0.465 e. The van der Waals surface area contributed by atoms with E-state index in [0.717, 1.165) is 0 Å². The van der Waals surface area contributed by atoms with Gasteiger partial charge >= 0.3 is 11.9 Å². The van der Waals surface area contributed by atoms with Crippen molar-refractivity contribution in [2.24, 2.45) is 0 Å². The van der Waals surface area contributed by atoms with E-state index in [2.05, 4.69) is 4.74 Å². The van der Waals surface area contributed by atoms with Crippen molar-refractivity contribution in [1.29, 1.82) is 0 Å². The summed E-state index contributed by atoms with van der Waals surface area (Å²) in [6.45, 7) is 4.03. The fourth-order valence-corrected chi connectivity index (χ4v) is 2.02. The Morgan fingerprint density at radius 3 is 2.78 bits per heavy atom. The molecule has 0 spiro atoms. The van der Waals surface area contributed by atoms with Gasteiger partial charge in [-0.25, -0.2) is 4.79 Å². The van der Waals surface area contributed by atoms with E-state index in [9.17, 15) is 9.59 Å². The molecule has 0 aliphatic heterocycles. The van der Waals surface area contributed by atoms with Crippen LogP contribution in [0.25, 0.3) is 0 Å². The van der Waals surface area contributed by atoms with Crippen LogP contribution in [-0.4, -0.2) is 31.4 Å². The highest BCUT2D eigenvalue weighted by Gasteiger charge is 2.16. The van der Waals surface area contributed by atoms with Crippen molar-refractivity contribution in [2.45, 2.75) is 19.1 Å². The van der Waals surface area contributed by atoms with Gasteiger partial charge in [0.25, 0.3) is 0 Å². The zero-order valence-corrected chi connectivity index (χ0v) is 11.4. The third-order valence-corrected chi connectivity index (χ3v) is 3.31. The first-order chi connectivity index (χ1) is 8.58. The number of carbonyl (C=O) groups is 2. The Labute approximate surface area is 110 Å². The van der Waals surface area contributed by atoms with Gasteiger partial charge in [0.2, 0.25) is 5.76 Å². The molecule has 6 heteroatoms. The maximum atomic E-state index is 11.2.